The van der Waals surface area contributed by atoms with Crippen LogP contribution in [0.4, 0.5) is 0 Å². The van der Waals surface area contributed by atoms with E-state index < -0.39 is 5.97 Å². The average molecular weight is 146 g/mol. The van der Waals surface area contributed by atoms with Gasteiger partial charge in [0.05, 0.1) is 5.92 Å². The van der Waals surface area contributed by atoms with Gasteiger partial charge in [-0.3, -0.25) is 4.79 Å². The van der Waals surface area contributed by atoms with Gasteiger partial charge in [0.2, 0.25) is 0 Å². The van der Waals surface area contributed by atoms with Crippen molar-refractivity contribution in [3.05, 3.63) is 0 Å². The molecule has 1 N–H and O–H groups in total. The highest BCUT2D eigenvalue weighted by atomic mass is 27.0. The van der Waals surface area contributed by atoms with Gasteiger partial charge in [-0.15, -0.1) is 0 Å². The van der Waals surface area contributed by atoms with E-state index in [1.165, 1.54) is 0 Å². The van der Waals surface area contributed by atoms with Crippen molar-refractivity contribution in [1.29, 1.82) is 0 Å². The molecule has 0 saturated carbocycles. The Labute approximate surface area is 66.4 Å². The minimum atomic E-state index is -0.671. The van der Waals surface area contributed by atoms with Gasteiger partial charge in [-0.05, 0) is 12.8 Å². The molecule has 0 aromatic heterocycles. The van der Waals surface area contributed by atoms with Crippen LogP contribution in [0.5, 0.6) is 0 Å². The SMILES string of the molecule is CCC(CC)C(=O)O.[AlH3]. The van der Waals surface area contributed by atoms with E-state index in [2.05, 4.69) is 0 Å². The summed E-state index contributed by atoms with van der Waals surface area (Å²) in [5.74, 6) is -0.801. The third-order valence-corrected chi connectivity index (χ3v) is 1.33. The minimum absolute atomic E-state index is 0. The number of carboxylic acid groups (broad SMARTS) is 1. The van der Waals surface area contributed by atoms with Gasteiger partial charge in [0.15, 0.2) is 17.4 Å². The van der Waals surface area contributed by atoms with Crippen molar-refractivity contribution in [3.63, 3.8) is 0 Å². The smallest absolute Gasteiger partial charge is 0.306 e. The van der Waals surface area contributed by atoms with Crippen LogP contribution in [0.25, 0.3) is 0 Å². The van der Waals surface area contributed by atoms with Crippen LogP contribution in [0.15, 0.2) is 0 Å². The quantitative estimate of drug-likeness (QED) is 0.582. The summed E-state index contributed by atoms with van der Waals surface area (Å²) in [7, 11) is 0. The second-order valence-electron chi connectivity index (χ2n) is 1.85. The molecule has 0 rings (SSSR count). The number of carbonyl (C=O) groups is 1. The van der Waals surface area contributed by atoms with Crippen LogP contribution in [-0.4, -0.2) is 28.4 Å². The first-order chi connectivity index (χ1) is 3.72. The summed E-state index contributed by atoms with van der Waals surface area (Å²) in [5, 5.41) is 8.37. The Balaban J connectivity index is 0. The maximum atomic E-state index is 10.2. The fourth-order valence-electron chi connectivity index (χ4n) is 0.638. The Hall–Kier alpha value is 0.00247. The maximum Gasteiger partial charge on any atom is 0.306 e. The number of carboxylic acids is 1. The van der Waals surface area contributed by atoms with Crippen molar-refractivity contribution < 1.29 is 9.90 Å². The number of hydrogen-bond acceptors (Lipinski definition) is 1. The summed E-state index contributed by atoms with van der Waals surface area (Å²) in [6.45, 7) is 3.78. The molecule has 0 radical (unpaired) electrons. The van der Waals surface area contributed by atoms with E-state index in [1.807, 2.05) is 13.8 Å². The van der Waals surface area contributed by atoms with Crippen molar-refractivity contribution in [1.82, 2.24) is 0 Å². The van der Waals surface area contributed by atoms with E-state index in [1.54, 1.807) is 0 Å². The van der Waals surface area contributed by atoms with Crippen LogP contribution < -0.4 is 0 Å². The van der Waals surface area contributed by atoms with Crippen LogP contribution in [0.2, 0.25) is 0 Å². The first kappa shape index (κ1) is 11.8. The summed E-state index contributed by atoms with van der Waals surface area (Å²) < 4.78 is 0. The Morgan fingerprint density at radius 2 is 1.78 bits per heavy atom. The molecule has 0 aromatic carbocycles. The zero-order chi connectivity index (χ0) is 6.57. The molecule has 0 spiro atoms. The van der Waals surface area contributed by atoms with E-state index in [4.69, 9.17) is 5.11 Å². The molecule has 0 atom stereocenters. The Bertz CT molecular complexity index is 79.1. The third-order valence-electron chi connectivity index (χ3n) is 1.33. The van der Waals surface area contributed by atoms with Crippen molar-refractivity contribution in [2.24, 2.45) is 5.92 Å². The topological polar surface area (TPSA) is 37.3 Å². The van der Waals surface area contributed by atoms with Gasteiger partial charge < -0.3 is 5.11 Å². The van der Waals surface area contributed by atoms with Gasteiger partial charge in [0.1, 0.15) is 0 Å². The lowest BCUT2D eigenvalue weighted by Crippen LogP contribution is -2.10. The van der Waals surface area contributed by atoms with Gasteiger partial charge in [-0.25, -0.2) is 0 Å². The van der Waals surface area contributed by atoms with E-state index in [-0.39, 0.29) is 23.3 Å². The van der Waals surface area contributed by atoms with Crippen LogP contribution in [-0.2, 0) is 4.79 Å². The van der Waals surface area contributed by atoms with E-state index in [9.17, 15) is 4.79 Å². The number of aliphatic carboxylic acids is 1. The van der Waals surface area contributed by atoms with Gasteiger partial charge in [0, 0.05) is 0 Å². The molecule has 0 unspecified atom stereocenters. The lowest BCUT2D eigenvalue weighted by Gasteiger charge is -2.02. The molecule has 9 heavy (non-hydrogen) atoms. The third kappa shape index (κ3) is 4.50. The van der Waals surface area contributed by atoms with Crippen molar-refractivity contribution >= 4 is 23.3 Å². The first-order valence-electron chi connectivity index (χ1n) is 2.95. The van der Waals surface area contributed by atoms with E-state index in [0.29, 0.717) is 0 Å². The summed E-state index contributed by atoms with van der Waals surface area (Å²) in [5.41, 5.74) is 0. The van der Waals surface area contributed by atoms with Crippen LogP contribution in [0, 0.1) is 5.92 Å². The highest BCUT2D eigenvalue weighted by Gasteiger charge is 2.10. The Morgan fingerprint density at radius 1 is 1.44 bits per heavy atom. The van der Waals surface area contributed by atoms with Crippen molar-refractivity contribution in [2.75, 3.05) is 0 Å². The zero-order valence-electron chi connectivity index (χ0n) is 5.35. The predicted octanol–water partition coefficient (Wildman–Crippen LogP) is 0.323. The highest BCUT2D eigenvalue weighted by Crippen LogP contribution is 2.05. The number of rotatable bonds is 3. The molecule has 0 fully saturated rings. The molecular formula is C6H15AlO2. The normalized spacial score (nSPS) is 8.78. The Morgan fingerprint density at radius 3 is 1.78 bits per heavy atom. The molecule has 0 saturated heterocycles. The van der Waals surface area contributed by atoms with Crippen molar-refractivity contribution in [3.8, 4) is 0 Å². The molecule has 0 aliphatic rings. The lowest BCUT2D eigenvalue weighted by molar-refractivity contribution is -0.141. The van der Waals surface area contributed by atoms with Crippen LogP contribution in [0.3, 0.4) is 0 Å². The van der Waals surface area contributed by atoms with Gasteiger partial charge in [-0.1, -0.05) is 13.8 Å². The minimum Gasteiger partial charge on any atom is -0.481 e. The lowest BCUT2D eigenvalue weighted by atomic mass is 10.1. The second kappa shape index (κ2) is 6.13. The molecule has 0 bridgehead atoms. The maximum absolute atomic E-state index is 10.2. The fourth-order valence-corrected chi connectivity index (χ4v) is 0.638. The van der Waals surface area contributed by atoms with Crippen LogP contribution >= 0.6 is 0 Å². The zero-order valence-corrected chi connectivity index (χ0v) is 5.35. The van der Waals surface area contributed by atoms with Gasteiger partial charge in [0.25, 0.3) is 0 Å². The molecule has 0 aliphatic heterocycles. The number of hydrogen-bond donors (Lipinski definition) is 1. The molecule has 54 valence electrons. The summed E-state index contributed by atoms with van der Waals surface area (Å²) in [6, 6.07) is 0. The van der Waals surface area contributed by atoms with Crippen molar-refractivity contribution in [2.45, 2.75) is 26.7 Å². The van der Waals surface area contributed by atoms with Crippen LogP contribution in [0.1, 0.15) is 26.7 Å². The molecule has 0 aliphatic carbocycles. The van der Waals surface area contributed by atoms with E-state index >= 15 is 0 Å². The standard InChI is InChI=1S/C6H12O2.Al.3H/c1-3-5(4-2)6(7)8;;;;/h5H,3-4H2,1-2H3,(H,7,8);;;;. The first-order valence-corrected chi connectivity index (χ1v) is 2.95. The molecule has 2 nitrogen and oxygen atoms in total. The largest absolute Gasteiger partial charge is 0.481 e. The average Bonchev–Trinajstić information content (AvgIpc) is 1.69. The summed E-state index contributed by atoms with van der Waals surface area (Å²) in [4.78, 5) is 10.2. The van der Waals surface area contributed by atoms with Gasteiger partial charge >= 0.3 is 5.97 Å². The molecule has 0 aromatic rings. The highest BCUT2D eigenvalue weighted by molar-refractivity contribution is 5.75. The summed E-state index contributed by atoms with van der Waals surface area (Å²) >= 11 is 0. The molecule has 3 heteroatoms. The molecule has 0 heterocycles. The molecular weight excluding hydrogens is 131 g/mol. The van der Waals surface area contributed by atoms with E-state index in [0.717, 1.165) is 12.8 Å². The fraction of sp³-hybridized carbons (Fsp3) is 0.833. The Kier molecular flexibility index (Phi) is 8.00. The summed E-state index contributed by atoms with van der Waals surface area (Å²) in [6.07, 6.45) is 1.48. The van der Waals surface area contributed by atoms with Gasteiger partial charge in [-0.2, -0.15) is 0 Å². The predicted molar refractivity (Wildman–Crippen MR) is 41.6 cm³/mol. The second-order valence-corrected chi connectivity index (χ2v) is 1.85. The molecule has 0 amide bonds. The monoisotopic (exact) mass is 146 g/mol.